The summed E-state index contributed by atoms with van der Waals surface area (Å²) in [7, 11) is 0. The number of H-pyrrole nitrogens is 1. The number of fused-ring (bicyclic) bond motifs is 1. The molecule has 1 fully saturated rings. The summed E-state index contributed by atoms with van der Waals surface area (Å²) in [6.07, 6.45) is 1.79. The van der Waals surface area contributed by atoms with Gasteiger partial charge in [-0.1, -0.05) is 37.6 Å². The monoisotopic (exact) mass is 412 g/mol. The average molecular weight is 413 g/mol. The van der Waals surface area contributed by atoms with Gasteiger partial charge in [-0.2, -0.15) is 0 Å². The molecule has 8 heteroatoms. The van der Waals surface area contributed by atoms with Crippen molar-refractivity contribution in [2.24, 2.45) is 11.8 Å². The molecule has 0 bridgehead atoms. The van der Waals surface area contributed by atoms with Crippen molar-refractivity contribution in [3.05, 3.63) is 47.4 Å². The largest absolute Gasteiger partial charge is 0.354 e. The molecule has 2 atom stereocenters. The highest BCUT2D eigenvalue weighted by Gasteiger charge is 2.30. The van der Waals surface area contributed by atoms with Crippen LogP contribution in [-0.4, -0.2) is 39.2 Å². The lowest BCUT2D eigenvalue weighted by Crippen LogP contribution is -2.45. The number of anilines is 1. The SMILES string of the molecule is CC(C)[C@@H](NC(=O)C1CCCN(c2ccc(Cl)nn2)C1)c1nc2ccccc2[nH]1. The maximum absolute atomic E-state index is 13.1. The zero-order valence-corrected chi connectivity index (χ0v) is 17.4. The van der Waals surface area contributed by atoms with Crippen LogP contribution in [0.5, 0.6) is 0 Å². The van der Waals surface area contributed by atoms with E-state index in [2.05, 4.69) is 39.2 Å². The molecule has 1 aliphatic rings. The lowest BCUT2D eigenvalue weighted by atomic mass is 9.95. The zero-order valence-electron chi connectivity index (χ0n) is 16.6. The summed E-state index contributed by atoms with van der Waals surface area (Å²) in [5.41, 5.74) is 1.89. The number of rotatable bonds is 5. The number of halogens is 1. The van der Waals surface area contributed by atoms with E-state index in [1.165, 1.54) is 0 Å². The fraction of sp³-hybridized carbons (Fsp3) is 0.429. The van der Waals surface area contributed by atoms with Crippen LogP contribution in [0.25, 0.3) is 11.0 Å². The van der Waals surface area contributed by atoms with Gasteiger partial charge in [-0.05, 0) is 43.0 Å². The molecule has 2 N–H and O–H groups in total. The van der Waals surface area contributed by atoms with Crippen LogP contribution in [0, 0.1) is 11.8 Å². The van der Waals surface area contributed by atoms with Crippen LogP contribution >= 0.6 is 11.6 Å². The minimum absolute atomic E-state index is 0.0516. The van der Waals surface area contributed by atoms with Crippen molar-refractivity contribution in [1.29, 1.82) is 0 Å². The molecule has 1 amide bonds. The molecule has 0 saturated carbocycles. The lowest BCUT2D eigenvalue weighted by Gasteiger charge is -2.33. The number of nitrogens with one attached hydrogen (secondary N) is 2. The molecule has 1 aromatic carbocycles. The molecule has 4 rings (SSSR count). The number of carbonyl (C=O) groups excluding carboxylic acids is 1. The lowest BCUT2D eigenvalue weighted by molar-refractivity contribution is -0.126. The Bertz CT molecular complexity index is 953. The molecule has 1 unspecified atom stereocenters. The first-order valence-corrected chi connectivity index (χ1v) is 10.4. The normalized spacial score (nSPS) is 18.2. The fourth-order valence-electron chi connectivity index (χ4n) is 3.82. The van der Waals surface area contributed by atoms with Crippen molar-refractivity contribution >= 4 is 34.4 Å². The Morgan fingerprint density at radius 3 is 2.79 bits per heavy atom. The highest BCUT2D eigenvalue weighted by molar-refractivity contribution is 6.29. The van der Waals surface area contributed by atoms with Crippen molar-refractivity contribution in [3.63, 3.8) is 0 Å². The van der Waals surface area contributed by atoms with Crippen molar-refractivity contribution in [1.82, 2.24) is 25.5 Å². The van der Waals surface area contributed by atoms with Gasteiger partial charge in [-0.3, -0.25) is 4.79 Å². The van der Waals surface area contributed by atoms with Crippen LogP contribution in [0.2, 0.25) is 5.15 Å². The van der Waals surface area contributed by atoms with Crippen LogP contribution in [0.15, 0.2) is 36.4 Å². The summed E-state index contributed by atoms with van der Waals surface area (Å²) in [5.74, 6) is 1.71. The van der Waals surface area contributed by atoms with Gasteiger partial charge in [-0.25, -0.2) is 4.98 Å². The van der Waals surface area contributed by atoms with E-state index < -0.39 is 0 Å². The van der Waals surface area contributed by atoms with Gasteiger partial charge in [0.05, 0.1) is 23.0 Å². The smallest absolute Gasteiger partial charge is 0.225 e. The van der Waals surface area contributed by atoms with E-state index in [4.69, 9.17) is 16.6 Å². The fourth-order valence-corrected chi connectivity index (χ4v) is 3.92. The number of benzene rings is 1. The van der Waals surface area contributed by atoms with Crippen molar-refractivity contribution in [2.75, 3.05) is 18.0 Å². The number of para-hydroxylation sites is 2. The zero-order chi connectivity index (χ0) is 20.4. The van der Waals surface area contributed by atoms with Gasteiger partial charge in [0.15, 0.2) is 11.0 Å². The molecule has 3 aromatic rings. The van der Waals surface area contributed by atoms with Gasteiger partial charge in [0.1, 0.15) is 5.82 Å². The van der Waals surface area contributed by atoms with Gasteiger partial charge in [0.2, 0.25) is 5.91 Å². The number of imidazole rings is 1. The molecular weight excluding hydrogens is 388 g/mol. The molecule has 2 aromatic heterocycles. The quantitative estimate of drug-likeness (QED) is 0.666. The van der Waals surface area contributed by atoms with E-state index in [1.54, 1.807) is 6.07 Å². The van der Waals surface area contributed by atoms with E-state index in [9.17, 15) is 4.79 Å². The number of nitrogens with zero attached hydrogens (tertiary/aromatic N) is 4. The van der Waals surface area contributed by atoms with Crippen LogP contribution in [0.3, 0.4) is 0 Å². The van der Waals surface area contributed by atoms with Crippen molar-refractivity contribution < 1.29 is 4.79 Å². The third-order valence-electron chi connectivity index (χ3n) is 5.40. The molecule has 3 heterocycles. The predicted octanol–water partition coefficient (Wildman–Crippen LogP) is 3.74. The number of carbonyl (C=O) groups is 1. The third kappa shape index (κ3) is 4.34. The van der Waals surface area contributed by atoms with Gasteiger partial charge in [0.25, 0.3) is 0 Å². The molecule has 0 aliphatic carbocycles. The van der Waals surface area contributed by atoms with Gasteiger partial charge in [0, 0.05) is 13.1 Å². The summed E-state index contributed by atoms with van der Waals surface area (Å²) in [6, 6.07) is 11.3. The molecule has 1 saturated heterocycles. The first kappa shape index (κ1) is 19.6. The molecule has 152 valence electrons. The molecule has 7 nitrogen and oxygen atoms in total. The van der Waals surface area contributed by atoms with E-state index in [0.717, 1.165) is 42.1 Å². The molecule has 29 heavy (non-hydrogen) atoms. The Kier molecular flexibility index (Phi) is 5.67. The second-order valence-corrected chi connectivity index (χ2v) is 8.26. The van der Waals surface area contributed by atoms with Crippen LogP contribution < -0.4 is 10.2 Å². The van der Waals surface area contributed by atoms with E-state index in [-0.39, 0.29) is 23.8 Å². The summed E-state index contributed by atoms with van der Waals surface area (Å²) < 4.78 is 0. The minimum Gasteiger partial charge on any atom is -0.354 e. The van der Waals surface area contributed by atoms with Gasteiger partial charge < -0.3 is 15.2 Å². The molecule has 0 spiro atoms. The first-order valence-electron chi connectivity index (χ1n) is 10.0. The molecule has 1 aliphatic heterocycles. The Morgan fingerprint density at radius 2 is 2.07 bits per heavy atom. The van der Waals surface area contributed by atoms with Crippen molar-refractivity contribution in [3.8, 4) is 0 Å². The van der Waals surface area contributed by atoms with E-state index in [0.29, 0.717) is 11.7 Å². The first-order chi connectivity index (χ1) is 14.0. The number of aromatic nitrogens is 4. The predicted molar refractivity (Wildman–Crippen MR) is 114 cm³/mol. The Balaban J connectivity index is 1.48. The molecular formula is C21H25ClN6O. The van der Waals surface area contributed by atoms with Crippen LogP contribution in [0.4, 0.5) is 5.82 Å². The summed E-state index contributed by atoms with van der Waals surface area (Å²) >= 11 is 5.84. The summed E-state index contributed by atoms with van der Waals surface area (Å²) in [4.78, 5) is 23.2. The standard InChI is InChI=1S/C21H25ClN6O/c1-13(2)19(20-23-15-7-3-4-8-16(15)24-20)25-21(29)14-6-5-11-28(12-14)18-10-9-17(22)26-27-18/h3-4,7-10,13-14,19H,5-6,11-12H2,1-2H3,(H,23,24)(H,25,29)/t14?,19-/m1/s1. The van der Waals surface area contributed by atoms with E-state index in [1.807, 2.05) is 30.3 Å². The number of hydrogen-bond donors (Lipinski definition) is 2. The highest BCUT2D eigenvalue weighted by atomic mass is 35.5. The third-order valence-corrected chi connectivity index (χ3v) is 5.60. The number of hydrogen-bond acceptors (Lipinski definition) is 5. The maximum Gasteiger partial charge on any atom is 0.225 e. The second-order valence-electron chi connectivity index (χ2n) is 7.87. The van der Waals surface area contributed by atoms with Crippen LogP contribution in [0.1, 0.15) is 38.6 Å². The van der Waals surface area contributed by atoms with Gasteiger partial charge in [-0.15, -0.1) is 10.2 Å². The topological polar surface area (TPSA) is 86.8 Å². The maximum atomic E-state index is 13.1. The van der Waals surface area contributed by atoms with E-state index >= 15 is 0 Å². The minimum atomic E-state index is -0.166. The van der Waals surface area contributed by atoms with Gasteiger partial charge >= 0.3 is 0 Å². The number of aromatic amines is 1. The Labute approximate surface area is 174 Å². The second kappa shape index (κ2) is 8.37. The number of piperidine rings is 1. The Hall–Kier alpha value is -2.67. The highest BCUT2D eigenvalue weighted by Crippen LogP contribution is 2.26. The van der Waals surface area contributed by atoms with Crippen molar-refractivity contribution in [2.45, 2.75) is 32.7 Å². The summed E-state index contributed by atoms with van der Waals surface area (Å²) in [6.45, 7) is 5.66. The average Bonchev–Trinajstić information content (AvgIpc) is 3.16. The van der Waals surface area contributed by atoms with Crippen LogP contribution in [-0.2, 0) is 4.79 Å². The molecule has 0 radical (unpaired) electrons. The Morgan fingerprint density at radius 1 is 1.24 bits per heavy atom. The number of amides is 1. The summed E-state index contributed by atoms with van der Waals surface area (Å²) in [5, 5.41) is 11.7.